The predicted octanol–water partition coefficient (Wildman–Crippen LogP) is 4.36. The molecule has 0 fully saturated rings. The van der Waals surface area contributed by atoms with Crippen molar-refractivity contribution in [2.24, 2.45) is 0 Å². The number of aromatic hydroxyl groups is 2. The molecular formula is C25H22N2O6S. The Morgan fingerprint density at radius 2 is 1.76 bits per heavy atom. The van der Waals surface area contributed by atoms with E-state index >= 15 is 0 Å². The van der Waals surface area contributed by atoms with E-state index in [0.717, 1.165) is 0 Å². The van der Waals surface area contributed by atoms with Crippen molar-refractivity contribution in [1.29, 1.82) is 0 Å². The van der Waals surface area contributed by atoms with Gasteiger partial charge in [0.1, 0.15) is 5.75 Å². The highest BCUT2D eigenvalue weighted by Crippen LogP contribution is 2.44. The lowest BCUT2D eigenvalue weighted by Gasteiger charge is -2.10. The van der Waals surface area contributed by atoms with Crippen LogP contribution in [0, 0.1) is 0 Å². The van der Waals surface area contributed by atoms with Crippen LogP contribution in [0.25, 0.3) is 16.4 Å². The van der Waals surface area contributed by atoms with E-state index in [1.165, 1.54) is 23.0 Å². The summed E-state index contributed by atoms with van der Waals surface area (Å²) in [6, 6.07) is 15.4. The Balaban J connectivity index is 1.86. The Morgan fingerprint density at radius 1 is 1.06 bits per heavy atom. The highest BCUT2D eigenvalue weighted by Gasteiger charge is 2.31. The summed E-state index contributed by atoms with van der Waals surface area (Å²) in [5, 5.41) is 23.7. The van der Waals surface area contributed by atoms with Crippen LogP contribution in [0.15, 0.2) is 60.0 Å². The van der Waals surface area contributed by atoms with Crippen LogP contribution in [0.5, 0.6) is 17.4 Å². The first-order valence-electron chi connectivity index (χ1n) is 10.5. The first-order valence-corrected chi connectivity index (χ1v) is 11.3. The number of hydrogen-bond acceptors (Lipinski definition) is 8. The van der Waals surface area contributed by atoms with Crippen LogP contribution < -0.4 is 4.74 Å². The van der Waals surface area contributed by atoms with Gasteiger partial charge in [-0.25, -0.2) is 4.98 Å². The molecule has 0 aliphatic heterocycles. The maximum Gasteiger partial charge on any atom is 0.311 e. The number of aromatic nitrogens is 2. The molecule has 2 aromatic carbocycles. The topological polar surface area (TPSA) is 111 Å². The first-order chi connectivity index (χ1) is 16.4. The smallest absolute Gasteiger partial charge is 0.311 e. The van der Waals surface area contributed by atoms with Crippen LogP contribution in [0.2, 0.25) is 0 Å². The molecule has 0 bridgehead atoms. The second kappa shape index (κ2) is 9.80. The molecule has 0 saturated heterocycles. The van der Waals surface area contributed by atoms with Crippen molar-refractivity contribution in [1.82, 2.24) is 9.55 Å². The van der Waals surface area contributed by atoms with E-state index in [9.17, 15) is 19.8 Å². The molecule has 0 atom stereocenters. The summed E-state index contributed by atoms with van der Waals surface area (Å²) < 4.78 is 11.4. The zero-order valence-electron chi connectivity index (χ0n) is 18.5. The molecule has 8 nitrogen and oxygen atoms in total. The number of methoxy groups -OCH3 is 1. The minimum absolute atomic E-state index is 0.0311. The lowest BCUT2D eigenvalue weighted by atomic mass is 9.99. The number of ether oxygens (including phenoxy) is 2. The molecule has 2 N–H and O–H groups in total. The molecule has 9 heteroatoms. The lowest BCUT2D eigenvalue weighted by molar-refractivity contribution is -0.142. The third-order valence-electron chi connectivity index (χ3n) is 5.11. The van der Waals surface area contributed by atoms with Gasteiger partial charge >= 0.3 is 5.97 Å². The number of carbonyl (C=O) groups excluding carboxylic acids is 2. The van der Waals surface area contributed by atoms with Gasteiger partial charge in [0.05, 0.1) is 37.1 Å². The largest absolute Gasteiger partial charge is 0.503 e. The van der Waals surface area contributed by atoms with E-state index in [2.05, 4.69) is 4.98 Å². The third kappa shape index (κ3) is 4.38. The van der Waals surface area contributed by atoms with Crippen molar-refractivity contribution in [2.75, 3.05) is 13.7 Å². The molecule has 0 spiro atoms. The van der Waals surface area contributed by atoms with Crippen LogP contribution in [0.4, 0.5) is 0 Å². The van der Waals surface area contributed by atoms with Gasteiger partial charge in [-0.3, -0.25) is 14.2 Å². The molecule has 0 radical (unpaired) electrons. The summed E-state index contributed by atoms with van der Waals surface area (Å²) in [4.78, 5) is 29.8. The molecule has 0 aliphatic rings. The predicted molar refractivity (Wildman–Crippen MR) is 127 cm³/mol. The van der Waals surface area contributed by atoms with Crippen molar-refractivity contribution in [2.45, 2.75) is 13.3 Å². The maximum absolute atomic E-state index is 13.5. The molecule has 0 saturated carbocycles. The molecule has 2 aromatic heterocycles. The highest BCUT2D eigenvalue weighted by atomic mass is 32.1. The van der Waals surface area contributed by atoms with Crippen LogP contribution in [0.3, 0.4) is 0 Å². The number of rotatable bonds is 8. The van der Waals surface area contributed by atoms with Gasteiger partial charge in [-0.15, -0.1) is 11.3 Å². The zero-order chi connectivity index (χ0) is 24.2. The van der Waals surface area contributed by atoms with E-state index in [1.807, 2.05) is 6.07 Å². The Hall–Kier alpha value is -4.11. The van der Waals surface area contributed by atoms with E-state index in [4.69, 9.17) is 9.47 Å². The fourth-order valence-corrected chi connectivity index (χ4v) is 4.38. The van der Waals surface area contributed by atoms with Gasteiger partial charge in [0.2, 0.25) is 5.88 Å². The van der Waals surface area contributed by atoms with Crippen molar-refractivity contribution in [3.05, 3.63) is 76.8 Å². The number of benzene rings is 2. The van der Waals surface area contributed by atoms with Crippen molar-refractivity contribution in [3.63, 3.8) is 0 Å². The molecule has 34 heavy (non-hydrogen) atoms. The number of ketones is 1. The van der Waals surface area contributed by atoms with Gasteiger partial charge < -0.3 is 19.7 Å². The Morgan fingerprint density at radius 3 is 2.41 bits per heavy atom. The monoisotopic (exact) mass is 478 g/mol. The highest BCUT2D eigenvalue weighted by molar-refractivity contribution is 7.12. The molecule has 0 amide bonds. The fourth-order valence-electron chi connectivity index (χ4n) is 3.55. The standard InChI is InChI=1S/C25H22N2O6S/c1-3-33-19(28)13-17-14-34-25(26-17)27-21(15-7-5-4-6-8-15)20(23(30)24(27)31)22(29)16-9-11-18(32-2)12-10-16/h4-12,14,30-31H,3,13H2,1-2H3. The summed E-state index contributed by atoms with van der Waals surface area (Å²) in [5.41, 5.74) is 1.59. The molecule has 2 heterocycles. The van der Waals surface area contributed by atoms with E-state index < -0.39 is 23.4 Å². The molecule has 4 rings (SSSR count). The summed E-state index contributed by atoms with van der Waals surface area (Å²) in [5.74, 6) is -1.38. The first kappa shape index (κ1) is 23.1. The van der Waals surface area contributed by atoms with Gasteiger partial charge in [-0.05, 0) is 36.8 Å². The Kier molecular flexibility index (Phi) is 6.65. The second-order valence-corrected chi connectivity index (χ2v) is 8.09. The molecule has 0 unspecified atom stereocenters. The van der Waals surface area contributed by atoms with Crippen molar-refractivity contribution in [3.8, 4) is 33.8 Å². The van der Waals surface area contributed by atoms with Crippen LogP contribution in [-0.2, 0) is 16.0 Å². The SMILES string of the molecule is CCOC(=O)Cc1csc(-n2c(O)c(O)c(C(=O)c3ccc(OC)cc3)c2-c2ccccc2)n1. The average molecular weight is 479 g/mol. The number of esters is 1. The van der Waals surface area contributed by atoms with E-state index in [0.29, 0.717) is 27.7 Å². The Labute approximate surface area is 199 Å². The van der Waals surface area contributed by atoms with Crippen molar-refractivity contribution < 1.29 is 29.3 Å². The van der Waals surface area contributed by atoms with E-state index in [1.54, 1.807) is 60.8 Å². The summed E-state index contributed by atoms with van der Waals surface area (Å²) in [7, 11) is 1.53. The van der Waals surface area contributed by atoms with Gasteiger partial charge in [-0.2, -0.15) is 0 Å². The van der Waals surface area contributed by atoms with Crippen LogP contribution in [-0.4, -0.2) is 45.2 Å². The minimum atomic E-state index is -0.554. The molecule has 4 aromatic rings. The Bertz CT molecular complexity index is 1330. The molecular weight excluding hydrogens is 456 g/mol. The molecule has 174 valence electrons. The fraction of sp³-hybridized carbons (Fsp3) is 0.160. The van der Waals surface area contributed by atoms with Gasteiger partial charge in [0.25, 0.3) is 0 Å². The number of carbonyl (C=O) groups is 2. The third-order valence-corrected chi connectivity index (χ3v) is 5.98. The van der Waals surface area contributed by atoms with Gasteiger partial charge in [-0.1, -0.05) is 30.3 Å². The number of nitrogens with zero attached hydrogens (tertiary/aromatic N) is 2. The van der Waals surface area contributed by atoms with E-state index in [-0.39, 0.29) is 24.3 Å². The number of hydrogen-bond donors (Lipinski definition) is 2. The van der Waals surface area contributed by atoms with Crippen molar-refractivity contribution >= 4 is 23.1 Å². The zero-order valence-corrected chi connectivity index (χ0v) is 19.3. The number of thiazole rings is 1. The molecule has 0 aliphatic carbocycles. The lowest BCUT2D eigenvalue weighted by Crippen LogP contribution is -2.08. The second-order valence-electron chi connectivity index (χ2n) is 7.26. The summed E-state index contributed by atoms with van der Waals surface area (Å²) >= 11 is 1.17. The summed E-state index contributed by atoms with van der Waals surface area (Å²) in [6.45, 7) is 1.98. The maximum atomic E-state index is 13.5. The van der Waals surface area contributed by atoms with Crippen LogP contribution >= 0.6 is 11.3 Å². The summed E-state index contributed by atoms with van der Waals surface area (Å²) in [6.07, 6.45) is -0.0311. The van der Waals surface area contributed by atoms with Gasteiger partial charge in [0, 0.05) is 10.9 Å². The van der Waals surface area contributed by atoms with Gasteiger partial charge in [0.15, 0.2) is 16.7 Å². The minimum Gasteiger partial charge on any atom is -0.503 e. The quantitative estimate of drug-likeness (QED) is 0.286. The normalized spacial score (nSPS) is 10.8. The van der Waals surface area contributed by atoms with Crippen LogP contribution in [0.1, 0.15) is 28.5 Å². The average Bonchev–Trinajstić information content (AvgIpc) is 3.41.